The summed E-state index contributed by atoms with van der Waals surface area (Å²) in [6.07, 6.45) is 0. The van der Waals surface area contributed by atoms with Crippen LogP contribution in [0.1, 0.15) is 10.6 Å². The summed E-state index contributed by atoms with van der Waals surface area (Å²) < 4.78 is 32.6. The lowest BCUT2D eigenvalue weighted by atomic mass is 10.2. The lowest BCUT2D eigenvalue weighted by Crippen LogP contribution is -2.20. The molecule has 0 aliphatic rings. The molecule has 1 amide bonds. The number of amides is 1. The molecule has 1 heterocycles. The number of anilines is 1. The number of furan rings is 1. The topological polar surface area (TPSA) is 129 Å². The van der Waals surface area contributed by atoms with Crippen molar-refractivity contribution in [2.45, 2.75) is 4.90 Å². The molecule has 3 aromatic rings. The number of hydrogen-bond donors (Lipinski definition) is 2. The highest BCUT2D eigenvalue weighted by Crippen LogP contribution is 2.19. The van der Waals surface area contributed by atoms with Crippen LogP contribution in [-0.2, 0) is 19.6 Å². The molecular weight excluding hydrogens is 360 g/mol. The van der Waals surface area contributed by atoms with Crippen molar-refractivity contribution in [3.05, 3.63) is 60.4 Å². The van der Waals surface area contributed by atoms with E-state index < -0.39 is 28.5 Å². The quantitative estimate of drug-likeness (QED) is 0.656. The van der Waals surface area contributed by atoms with E-state index in [0.717, 1.165) is 5.39 Å². The van der Waals surface area contributed by atoms with Crippen LogP contribution in [0, 0.1) is 0 Å². The van der Waals surface area contributed by atoms with Gasteiger partial charge in [0.15, 0.2) is 6.61 Å². The van der Waals surface area contributed by atoms with Crippen LogP contribution in [-0.4, -0.2) is 26.9 Å². The van der Waals surface area contributed by atoms with Crippen LogP contribution in [0.4, 0.5) is 5.69 Å². The maximum absolute atomic E-state index is 11.9. The van der Waals surface area contributed by atoms with Crippen molar-refractivity contribution in [1.29, 1.82) is 0 Å². The number of nitrogens with one attached hydrogen (secondary N) is 1. The number of ether oxygens (including phenoxy) is 1. The minimum atomic E-state index is -3.80. The summed E-state index contributed by atoms with van der Waals surface area (Å²) in [5.41, 5.74) is 0.876. The van der Waals surface area contributed by atoms with Gasteiger partial charge in [-0.25, -0.2) is 18.4 Å². The highest BCUT2D eigenvalue weighted by Gasteiger charge is 2.15. The molecule has 0 aliphatic carbocycles. The monoisotopic (exact) mass is 374 g/mol. The summed E-state index contributed by atoms with van der Waals surface area (Å²) in [6, 6.07) is 13.9. The Balaban J connectivity index is 1.57. The molecule has 0 saturated carbocycles. The Morgan fingerprint density at radius 2 is 1.77 bits per heavy atom. The SMILES string of the molecule is NS(=O)(=O)c1ccc(NC(=O)COC(=O)c2cc3ccccc3o2)cc1. The molecule has 0 saturated heterocycles. The van der Waals surface area contributed by atoms with Crippen LogP contribution in [0.25, 0.3) is 11.0 Å². The largest absolute Gasteiger partial charge is 0.450 e. The number of benzene rings is 2. The fourth-order valence-corrected chi connectivity index (χ4v) is 2.73. The second kappa shape index (κ2) is 6.98. The number of rotatable bonds is 5. The molecule has 0 aliphatic heterocycles. The third-order valence-electron chi connectivity index (χ3n) is 3.43. The zero-order valence-corrected chi connectivity index (χ0v) is 14.2. The molecule has 0 unspecified atom stereocenters. The van der Waals surface area contributed by atoms with Gasteiger partial charge in [0.25, 0.3) is 5.91 Å². The number of sulfonamides is 1. The van der Waals surface area contributed by atoms with Crippen LogP contribution < -0.4 is 10.5 Å². The van der Waals surface area contributed by atoms with Gasteiger partial charge >= 0.3 is 5.97 Å². The zero-order valence-electron chi connectivity index (χ0n) is 13.3. The van der Waals surface area contributed by atoms with Gasteiger partial charge in [-0.3, -0.25) is 4.79 Å². The predicted molar refractivity (Wildman–Crippen MR) is 92.9 cm³/mol. The Hall–Kier alpha value is -3.17. The summed E-state index contributed by atoms with van der Waals surface area (Å²) in [5.74, 6) is -1.35. The van der Waals surface area contributed by atoms with Crippen molar-refractivity contribution < 1.29 is 27.2 Å². The van der Waals surface area contributed by atoms with E-state index in [1.807, 2.05) is 6.07 Å². The third-order valence-corrected chi connectivity index (χ3v) is 4.36. The standard InChI is InChI=1S/C17H14N2O6S/c18-26(22,23)13-7-5-12(6-8-13)19-16(20)10-24-17(21)15-9-11-3-1-2-4-14(11)25-15/h1-9H,10H2,(H,19,20)(H2,18,22,23). The number of primary sulfonamides is 1. The smallest absolute Gasteiger partial charge is 0.374 e. The summed E-state index contributed by atoms with van der Waals surface area (Å²) in [6.45, 7) is -0.521. The maximum atomic E-state index is 11.9. The summed E-state index contributed by atoms with van der Waals surface area (Å²) in [7, 11) is -3.80. The maximum Gasteiger partial charge on any atom is 0.374 e. The summed E-state index contributed by atoms with van der Waals surface area (Å²) >= 11 is 0. The van der Waals surface area contributed by atoms with Crippen LogP contribution >= 0.6 is 0 Å². The molecular formula is C17H14N2O6S. The number of para-hydroxylation sites is 1. The lowest BCUT2D eigenvalue weighted by molar-refractivity contribution is -0.119. The minimum Gasteiger partial charge on any atom is -0.450 e. The Labute approximate surface area is 148 Å². The Morgan fingerprint density at radius 3 is 2.42 bits per heavy atom. The van der Waals surface area contributed by atoms with Crippen molar-refractivity contribution in [3.8, 4) is 0 Å². The van der Waals surface area contributed by atoms with Gasteiger partial charge in [0.2, 0.25) is 15.8 Å². The predicted octanol–water partition coefficient (Wildman–Crippen LogP) is 1.88. The van der Waals surface area contributed by atoms with Crippen LogP contribution in [0.15, 0.2) is 63.9 Å². The van der Waals surface area contributed by atoms with Crippen LogP contribution in [0.5, 0.6) is 0 Å². The van der Waals surface area contributed by atoms with E-state index in [2.05, 4.69) is 5.32 Å². The highest BCUT2D eigenvalue weighted by atomic mass is 32.2. The molecule has 1 aromatic heterocycles. The molecule has 134 valence electrons. The first-order chi connectivity index (χ1) is 12.3. The van der Waals surface area contributed by atoms with Gasteiger partial charge in [-0.1, -0.05) is 18.2 Å². The van der Waals surface area contributed by atoms with E-state index in [4.69, 9.17) is 14.3 Å². The number of hydrogen-bond acceptors (Lipinski definition) is 6. The van der Waals surface area contributed by atoms with Crippen molar-refractivity contribution in [3.63, 3.8) is 0 Å². The third kappa shape index (κ3) is 4.08. The van der Waals surface area contributed by atoms with Crippen molar-refractivity contribution in [2.75, 3.05) is 11.9 Å². The molecule has 0 fully saturated rings. The molecule has 26 heavy (non-hydrogen) atoms. The number of carbonyl (C=O) groups is 2. The minimum absolute atomic E-state index is 0.00324. The van der Waals surface area contributed by atoms with Gasteiger partial charge in [-0.2, -0.15) is 0 Å². The first-order valence-corrected chi connectivity index (χ1v) is 8.96. The van der Waals surface area contributed by atoms with Crippen molar-refractivity contribution in [2.24, 2.45) is 5.14 Å². The Kier molecular flexibility index (Phi) is 4.74. The van der Waals surface area contributed by atoms with Crippen LogP contribution in [0.2, 0.25) is 0 Å². The second-order valence-corrected chi connectivity index (χ2v) is 6.90. The molecule has 3 N–H and O–H groups in total. The summed E-state index contributed by atoms with van der Waals surface area (Å²) in [5, 5.41) is 8.21. The number of esters is 1. The fourth-order valence-electron chi connectivity index (χ4n) is 2.21. The number of nitrogens with two attached hydrogens (primary N) is 1. The average Bonchev–Trinajstić information content (AvgIpc) is 3.03. The number of fused-ring (bicyclic) bond motifs is 1. The lowest BCUT2D eigenvalue weighted by Gasteiger charge is -2.06. The number of carbonyl (C=O) groups excluding carboxylic acids is 2. The molecule has 0 atom stereocenters. The van der Waals surface area contributed by atoms with Gasteiger partial charge < -0.3 is 14.5 Å². The fraction of sp³-hybridized carbons (Fsp3) is 0.0588. The van der Waals surface area contributed by atoms with Gasteiger partial charge in [0, 0.05) is 11.1 Å². The van der Waals surface area contributed by atoms with E-state index in [-0.39, 0.29) is 10.7 Å². The summed E-state index contributed by atoms with van der Waals surface area (Å²) in [4.78, 5) is 23.7. The van der Waals surface area contributed by atoms with E-state index in [0.29, 0.717) is 11.3 Å². The van der Waals surface area contributed by atoms with Crippen molar-refractivity contribution in [1.82, 2.24) is 0 Å². The van der Waals surface area contributed by atoms with Gasteiger partial charge in [0.05, 0.1) is 4.90 Å². The molecule has 3 rings (SSSR count). The van der Waals surface area contributed by atoms with Crippen molar-refractivity contribution >= 4 is 38.6 Å². The molecule has 0 spiro atoms. The molecule has 9 heteroatoms. The van der Waals surface area contributed by atoms with E-state index in [9.17, 15) is 18.0 Å². The van der Waals surface area contributed by atoms with E-state index in [1.165, 1.54) is 30.3 Å². The molecule has 2 aromatic carbocycles. The van der Waals surface area contributed by atoms with Crippen LogP contribution in [0.3, 0.4) is 0 Å². The molecule has 8 nitrogen and oxygen atoms in total. The van der Waals surface area contributed by atoms with Gasteiger partial charge in [0.1, 0.15) is 5.58 Å². The second-order valence-electron chi connectivity index (χ2n) is 5.34. The first-order valence-electron chi connectivity index (χ1n) is 7.41. The van der Waals surface area contributed by atoms with Gasteiger partial charge in [-0.15, -0.1) is 0 Å². The first kappa shape index (κ1) is 17.6. The normalized spacial score (nSPS) is 11.3. The molecule has 0 radical (unpaired) electrons. The zero-order chi connectivity index (χ0) is 18.7. The Morgan fingerprint density at radius 1 is 1.08 bits per heavy atom. The van der Waals surface area contributed by atoms with E-state index in [1.54, 1.807) is 18.2 Å². The average molecular weight is 374 g/mol. The Bertz CT molecular complexity index is 1040. The highest BCUT2D eigenvalue weighted by molar-refractivity contribution is 7.89. The van der Waals surface area contributed by atoms with Gasteiger partial charge in [-0.05, 0) is 36.4 Å². The van der Waals surface area contributed by atoms with E-state index >= 15 is 0 Å². The molecule has 0 bridgehead atoms.